The molecule has 0 fully saturated rings. The first kappa shape index (κ1) is 13.8. The molecule has 0 saturated heterocycles. The van der Waals surface area contributed by atoms with Crippen LogP contribution in [0, 0.1) is 0 Å². The number of fused-ring (bicyclic) bond motifs is 1. The molecule has 3 aromatic rings. The minimum Gasteiger partial charge on any atom is -0.497 e. The number of H-pyrrole nitrogens is 1. The van der Waals surface area contributed by atoms with Gasteiger partial charge in [-0.3, -0.25) is 4.98 Å². The lowest BCUT2D eigenvalue weighted by Gasteiger charge is -2.10. The Morgan fingerprint density at radius 3 is 2.95 bits per heavy atom. The molecule has 2 aromatic carbocycles. The van der Waals surface area contributed by atoms with Crippen molar-refractivity contribution >= 4 is 32.7 Å². The van der Waals surface area contributed by atoms with Gasteiger partial charge in [0.25, 0.3) is 0 Å². The van der Waals surface area contributed by atoms with Crippen molar-refractivity contribution in [1.82, 2.24) is 4.98 Å². The highest BCUT2D eigenvalue weighted by molar-refractivity contribution is 9.10. The number of hydrogen-bond donors (Lipinski definition) is 2. The number of anilines is 1. The van der Waals surface area contributed by atoms with Gasteiger partial charge in [-0.15, -0.1) is 0 Å². The van der Waals surface area contributed by atoms with Crippen LogP contribution in [0.25, 0.3) is 11.1 Å². The van der Waals surface area contributed by atoms with Gasteiger partial charge in [0, 0.05) is 16.7 Å². The van der Waals surface area contributed by atoms with Gasteiger partial charge >= 0.3 is 5.76 Å². The molecule has 5 nitrogen and oxygen atoms in total. The zero-order valence-corrected chi connectivity index (χ0v) is 12.9. The molecule has 0 radical (unpaired) electrons. The summed E-state index contributed by atoms with van der Waals surface area (Å²) >= 11 is 3.52. The summed E-state index contributed by atoms with van der Waals surface area (Å²) in [4.78, 5) is 13.8. The molecule has 0 bridgehead atoms. The van der Waals surface area contributed by atoms with Crippen LogP contribution in [0.15, 0.2) is 50.1 Å². The molecule has 0 aliphatic rings. The SMILES string of the molecule is COc1ccc(Br)c(CNc2ccc3oc(=O)[nH]c3c2)c1. The van der Waals surface area contributed by atoms with Crippen LogP contribution in [0.4, 0.5) is 5.69 Å². The van der Waals surface area contributed by atoms with Gasteiger partial charge in [-0.2, -0.15) is 0 Å². The highest BCUT2D eigenvalue weighted by Crippen LogP contribution is 2.24. The van der Waals surface area contributed by atoms with Crippen LogP contribution >= 0.6 is 15.9 Å². The number of aromatic nitrogens is 1. The summed E-state index contributed by atoms with van der Waals surface area (Å²) in [6.45, 7) is 0.630. The predicted molar refractivity (Wildman–Crippen MR) is 84.9 cm³/mol. The Morgan fingerprint density at radius 1 is 1.29 bits per heavy atom. The lowest BCUT2D eigenvalue weighted by atomic mass is 10.2. The minimum atomic E-state index is -0.447. The Kier molecular flexibility index (Phi) is 3.70. The number of benzene rings is 2. The maximum absolute atomic E-state index is 11.1. The largest absolute Gasteiger partial charge is 0.497 e. The van der Waals surface area contributed by atoms with Crippen molar-refractivity contribution in [3.05, 3.63) is 57.0 Å². The molecule has 21 heavy (non-hydrogen) atoms. The van der Waals surface area contributed by atoms with E-state index in [1.165, 1.54) is 0 Å². The summed E-state index contributed by atoms with van der Waals surface area (Å²) in [5.74, 6) is 0.363. The molecule has 3 rings (SSSR count). The van der Waals surface area contributed by atoms with Crippen LogP contribution in [0.2, 0.25) is 0 Å². The summed E-state index contributed by atoms with van der Waals surface area (Å²) in [6.07, 6.45) is 0. The third-order valence-corrected chi connectivity index (χ3v) is 3.93. The third-order valence-electron chi connectivity index (χ3n) is 3.15. The van der Waals surface area contributed by atoms with Gasteiger partial charge < -0.3 is 14.5 Å². The second-order valence-electron chi connectivity index (χ2n) is 4.54. The fourth-order valence-corrected chi connectivity index (χ4v) is 2.46. The first-order valence-corrected chi connectivity index (χ1v) is 7.14. The summed E-state index contributed by atoms with van der Waals surface area (Å²) in [6, 6.07) is 11.3. The molecule has 1 aromatic heterocycles. The average molecular weight is 349 g/mol. The van der Waals surface area contributed by atoms with Gasteiger partial charge in [-0.1, -0.05) is 15.9 Å². The van der Waals surface area contributed by atoms with Crippen molar-refractivity contribution in [2.24, 2.45) is 0 Å². The second kappa shape index (κ2) is 5.65. The van der Waals surface area contributed by atoms with Crippen LogP contribution in [0.5, 0.6) is 5.75 Å². The lowest BCUT2D eigenvalue weighted by molar-refractivity contribution is 0.414. The maximum Gasteiger partial charge on any atom is 0.417 e. The zero-order valence-electron chi connectivity index (χ0n) is 11.3. The Bertz CT molecular complexity index is 838. The van der Waals surface area contributed by atoms with Crippen LogP contribution in [0.3, 0.4) is 0 Å². The van der Waals surface area contributed by atoms with Gasteiger partial charge in [-0.05, 0) is 42.0 Å². The van der Waals surface area contributed by atoms with Gasteiger partial charge in [0.15, 0.2) is 5.58 Å². The molecule has 0 unspecified atom stereocenters. The van der Waals surface area contributed by atoms with E-state index < -0.39 is 5.76 Å². The highest BCUT2D eigenvalue weighted by Gasteiger charge is 2.04. The minimum absolute atomic E-state index is 0.447. The first-order chi connectivity index (χ1) is 10.2. The zero-order chi connectivity index (χ0) is 14.8. The Labute approximate surface area is 129 Å². The number of halogens is 1. The molecule has 108 valence electrons. The number of nitrogens with one attached hydrogen (secondary N) is 2. The normalized spacial score (nSPS) is 10.8. The molecule has 0 saturated carbocycles. The van der Waals surface area contributed by atoms with E-state index in [-0.39, 0.29) is 0 Å². The van der Waals surface area contributed by atoms with Crippen molar-refractivity contribution in [1.29, 1.82) is 0 Å². The Morgan fingerprint density at radius 2 is 2.14 bits per heavy atom. The van der Waals surface area contributed by atoms with Crippen LogP contribution < -0.4 is 15.8 Å². The molecule has 2 N–H and O–H groups in total. The first-order valence-electron chi connectivity index (χ1n) is 6.35. The summed E-state index contributed by atoms with van der Waals surface area (Å²) in [5, 5.41) is 3.31. The second-order valence-corrected chi connectivity index (χ2v) is 5.39. The molecule has 0 aliphatic heterocycles. The van der Waals surface area contributed by atoms with Crippen molar-refractivity contribution in [3.8, 4) is 5.75 Å². The van der Waals surface area contributed by atoms with Crippen molar-refractivity contribution in [3.63, 3.8) is 0 Å². The molecular weight excluding hydrogens is 336 g/mol. The number of methoxy groups -OCH3 is 1. The number of hydrogen-bond acceptors (Lipinski definition) is 4. The van der Waals surface area contributed by atoms with E-state index in [4.69, 9.17) is 9.15 Å². The Balaban J connectivity index is 1.81. The number of ether oxygens (including phenoxy) is 1. The summed E-state index contributed by atoms with van der Waals surface area (Å²) < 4.78 is 11.2. The van der Waals surface area contributed by atoms with E-state index >= 15 is 0 Å². The standard InChI is InChI=1S/C15H13BrN2O3/c1-20-11-3-4-12(16)9(6-11)8-17-10-2-5-14-13(7-10)18-15(19)21-14/h2-7,17H,8H2,1H3,(H,18,19). The predicted octanol–water partition coefficient (Wildman–Crippen LogP) is 3.50. The Hall–Kier alpha value is -2.21. The van der Waals surface area contributed by atoms with Crippen LogP contribution in [-0.4, -0.2) is 12.1 Å². The van der Waals surface area contributed by atoms with Crippen LogP contribution in [0.1, 0.15) is 5.56 Å². The van der Waals surface area contributed by atoms with Crippen molar-refractivity contribution in [2.45, 2.75) is 6.54 Å². The van der Waals surface area contributed by atoms with Gasteiger partial charge in [0.2, 0.25) is 0 Å². The van der Waals surface area contributed by atoms with Gasteiger partial charge in [0.1, 0.15) is 5.75 Å². The lowest BCUT2D eigenvalue weighted by Crippen LogP contribution is -2.00. The van der Waals surface area contributed by atoms with Crippen molar-refractivity contribution in [2.75, 3.05) is 12.4 Å². The molecule has 0 spiro atoms. The molecule has 0 atom stereocenters. The van der Waals surface area contributed by atoms with Crippen molar-refractivity contribution < 1.29 is 9.15 Å². The third kappa shape index (κ3) is 2.95. The monoisotopic (exact) mass is 348 g/mol. The fourth-order valence-electron chi connectivity index (χ4n) is 2.07. The van der Waals surface area contributed by atoms with E-state index in [1.807, 2.05) is 30.3 Å². The number of rotatable bonds is 4. The van der Waals surface area contributed by atoms with E-state index in [2.05, 4.69) is 26.2 Å². The summed E-state index contributed by atoms with van der Waals surface area (Å²) in [7, 11) is 1.64. The molecule has 6 heteroatoms. The van der Waals surface area contributed by atoms with E-state index in [0.717, 1.165) is 21.5 Å². The smallest absolute Gasteiger partial charge is 0.417 e. The highest BCUT2D eigenvalue weighted by atomic mass is 79.9. The molecular formula is C15H13BrN2O3. The topological polar surface area (TPSA) is 67.3 Å². The van der Waals surface area contributed by atoms with E-state index in [9.17, 15) is 4.79 Å². The number of aromatic amines is 1. The number of oxazole rings is 1. The summed E-state index contributed by atoms with van der Waals surface area (Å²) in [5.41, 5.74) is 3.20. The van der Waals surface area contributed by atoms with E-state index in [1.54, 1.807) is 13.2 Å². The molecule has 1 heterocycles. The average Bonchev–Trinajstić information content (AvgIpc) is 2.85. The van der Waals surface area contributed by atoms with E-state index in [0.29, 0.717) is 17.6 Å². The van der Waals surface area contributed by atoms with Crippen LogP contribution in [-0.2, 0) is 6.54 Å². The maximum atomic E-state index is 11.1. The van der Waals surface area contributed by atoms with Gasteiger partial charge in [0.05, 0.1) is 12.6 Å². The quantitative estimate of drug-likeness (QED) is 0.757. The van der Waals surface area contributed by atoms with Gasteiger partial charge in [-0.25, -0.2) is 4.79 Å². The fraction of sp³-hybridized carbons (Fsp3) is 0.133. The molecule has 0 aliphatic carbocycles. The molecule has 0 amide bonds.